The molecule has 1 aromatic heterocycles. The van der Waals surface area contributed by atoms with Gasteiger partial charge in [-0.25, -0.2) is 0 Å². The zero-order valence-electron chi connectivity index (χ0n) is 11.6. The standard InChI is InChI=1S/C14H16ClN3O2S/c1-2-12-17-14(20-18-12)7-8-16-13(19)9-21-11-5-3-10(15)4-6-11/h3-6H,2,7-9H2,1H3,(H,16,19). The average Bonchev–Trinajstić information content (AvgIpc) is 2.95. The van der Waals surface area contributed by atoms with Crippen molar-refractivity contribution in [2.75, 3.05) is 12.3 Å². The molecule has 7 heteroatoms. The van der Waals surface area contributed by atoms with E-state index in [9.17, 15) is 4.79 Å². The summed E-state index contributed by atoms with van der Waals surface area (Å²) in [5.74, 6) is 1.59. The second-order valence-corrected chi connectivity index (χ2v) is 5.79. The van der Waals surface area contributed by atoms with Gasteiger partial charge in [-0.15, -0.1) is 11.8 Å². The van der Waals surface area contributed by atoms with E-state index in [-0.39, 0.29) is 5.91 Å². The molecule has 0 aliphatic heterocycles. The quantitative estimate of drug-likeness (QED) is 0.793. The monoisotopic (exact) mass is 325 g/mol. The number of halogens is 1. The van der Waals surface area contributed by atoms with Gasteiger partial charge in [-0.3, -0.25) is 4.79 Å². The fourth-order valence-electron chi connectivity index (χ4n) is 1.57. The number of carbonyl (C=O) groups excluding carboxylic acids is 1. The summed E-state index contributed by atoms with van der Waals surface area (Å²) in [5, 5.41) is 7.32. The van der Waals surface area contributed by atoms with Crippen molar-refractivity contribution >= 4 is 29.3 Å². The predicted octanol–water partition coefficient (Wildman–Crippen LogP) is 2.74. The fourth-order valence-corrected chi connectivity index (χ4v) is 2.43. The number of hydrogen-bond donors (Lipinski definition) is 1. The van der Waals surface area contributed by atoms with E-state index in [1.54, 1.807) is 0 Å². The minimum Gasteiger partial charge on any atom is -0.355 e. The third kappa shape index (κ3) is 5.40. The third-order valence-corrected chi connectivity index (χ3v) is 3.93. The van der Waals surface area contributed by atoms with E-state index in [0.717, 1.165) is 11.3 Å². The fraction of sp³-hybridized carbons (Fsp3) is 0.357. The molecular weight excluding hydrogens is 310 g/mol. The Kier molecular flexibility index (Phi) is 6.07. The number of carbonyl (C=O) groups is 1. The highest BCUT2D eigenvalue weighted by Gasteiger charge is 2.06. The second kappa shape index (κ2) is 8.05. The maximum Gasteiger partial charge on any atom is 0.230 e. The summed E-state index contributed by atoms with van der Waals surface area (Å²) in [7, 11) is 0. The van der Waals surface area contributed by atoms with Gasteiger partial charge in [-0.05, 0) is 24.3 Å². The Morgan fingerprint density at radius 1 is 1.38 bits per heavy atom. The first kappa shape index (κ1) is 15.9. The molecule has 0 aliphatic carbocycles. The van der Waals surface area contributed by atoms with Crippen LogP contribution in [0.5, 0.6) is 0 Å². The Hall–Kier alpha value is -1.53. The van der Waals surface area contributed by atoms with Gasteiger partial charge in [0.05, 0.1) is 5.75 Å². The molecule has 5 nitrogen and oxygen atoms in total. The van der Waals surface area contributed by atoms with E-state index < -0.39 is 0 Å². The number of nitrogens with zero attached hydrogens (tertiary/aromatic N) is 2. The van der Waals surface area contributed by atoms with Gasteiger partial charge in [0.2, 0.25) is 11.8 Å². The highest BCUT2D eigenvalue weighted by atomic mass is 35.5. The molecule has 0 saturated heterocycles. The Labute approximate surface area is 132 Å². The van der Waals surface area contributed by atoms with Crippen LogP contribution in [0.3, 0.4) is 0 Å². The van der Waals surface area contributed by atoms with Crippen molar-refractivity contribution in [1.82, 2.24) is 15.5 Å². The van der Waals surface area contributed by atoms with Crippen LogP contribution in [0.2, 0.25) is 5.02 Å². The molecule has 0 saturated carbocycles. The molecule has 0 atom stereocenters. The molecule has 0 radical (unpaired) electrons. The van der Waals surface area contributed by atoms with Crippen LogP contribution in [0, 0.1) is 0 Å². The lowest BCUT2D eigenvalue weighted by atomic mass is 10.4. The van der Waals surface area contributed by atoms with E-state index >= 15 is 0 Å². The molecule has 21 heavy (non-hydrogen) atoms. The summed E-state index contributed by atoms with van der Waals surface area (Å²) in [6.45, 7) is 2.45. The molecule has 0 fully saturated rings. The van der Waals surface area contributed by atoms with Crippen molar-refractivity contribution < 1.29 is 9.32 Å². The maximum atomic E-state index is 11.7. The van der Waals surface area contributed by atoms with E-state index in [2.05, 4.69) is 15.5 Å². The Bertz CT molecular complexity index is 586. The molecule has 1 N–H and O–H groups in total. The summed E-state index contributed by atoms with van der Waals surface area (Å²) >= 11 is 7.27. The highest BCUT2D eigenvalue weighted by Crippen LogP contribution is 2.19. The molecule has 1 amide bonds. The molecule has 0 spiro atoms. The minimum absolute atomic E-state index is 0.0230. The number of hydrogen-bond acceptors (Lipinski definition) is 5. The van der Waals surface area contributed by atoms with Gasteiger partial charge in [0.15, 0.2) is 5.82 Å². The number of rotatable bonds is 7. The zero-order valence-corrected chi connectivity index (χ0v) is 13.2. The Morgan fingerprint density at radius 3 is 2.81 bits per heavy atom. The lowest BCUT2D eigenvalue weighted by molar-refractivity contribution is -0.118. The van der Waals surface area contributed by atoms with Gasteiger partial charge < -0.3 is 9.84 Å². The van der Waals surface area contributed by atoms with Crippen molar-refractivity contribution in [1.29, 1.82) is 0 Å². The average molecular weight is 326 g/mol. The van der Waals surface area contributed by atoms with Gasteiger partial charge in [-0.2, -0.15) is 4.98 Å². The number of amides is 1. The molecular formula is C14H16ClN3O2S. The SMILES string of the molecule is CCc1noc(CCNC(=O)CSc2ccc(Cl)cc2)n1. The van der Waals surface area contributed by atoms with Gasteiger partial charge in [0.1, 0.15) is 0 Å². The molecule has 1 heterocycles. The topological polar surface area (TPSA) is 68.0 Å². The predicted molar refractivity (Wildman–Crippen MR) is 82.6 cm³/mol. The summed E-state index contributed by atoms with van der Waals surface area (Å²) in [5.41, 5.74) is 0. The lowest BCUT2D eigenvalue weighted by Gasteiger charge is -2.03. The molecule has 0 aliphatic rings. The van der Waals surface area contributed by atoms with Crippen molar-refractivity contribution in [3.8, 4) is 0 Å². The maximum absolute atomic E-state index is 11.7. The van der Waals surface area contributed by atoms with Crippen LogP contribution in [0.4, 0.5) is 0 Å². The van der Waals surface area contributed by atoms with E-state index in [4.69, 9.17) is 16.1 Å². The number of aromatic nitrogens is 2. The normalized spacial score (nSPS) is 10.6. The van der Waals surface area contributed by atoms with Crippen LogP contribution >= 0.6 is 23.4 Å². The summed E-state index contributed by atoms with van der Waals surface area (Å²) in [4.78, 5) is 16.9. The van der Waals surface area contributed by atoms with Crippen molar-refractivity contribution in [3.05, 3.63) is 41.0 Å². The minimum atomic E-state index is -0.0230. The molecule has 0 unspecified atom stereocenters. The number of thioether (sulfide) groups is 1. The zero-order chi connectivity index (χ0) is 15.1. The highest BCUT2D eigenvalue weighted by molar-refractivity contribution is 8.00. The van der Waals surface area contributed by atoms with Crippen molar-refractivity contribution in [2.45, 2.75) is 24.7 Å². The third-order valence-electron chi connectivity index (χ3n) is 2.67. The van der Waals surface area contributed by atoms with Crippen LogP contribution in [0.25, 0.3) is 0 Å². The van der Waals surface area contributed by atoms with E-state index in [0.29, 0.717) is 35.5 Å². The van der Waals surface area contributed by atoms with Crippen LogP contribution in [-0.4, -0.2) is 28.3 Å². The molecule has 112 valence electrons. The summed E-state index contributed by atoms with van der Waals surface area (Å²) in [6.07, 6.45) is 1.29. The van der Waals surface area contributed by atoms with E-state index in [1.807, 2.05) is 31.2 Å². The Balaban J connectivity index is 1.66. The molecule has 0 bridgehead atoms. The van der Waals surface area contributed by atoms with Gasteiger partial charge in [0, 0.05) is 29.3 Å². The van der Waals surface area contributed by atoms with Crippen molar-refractivity contribution in [3.63, 3.8) is 0 Å². The lowest BCUT2D eigenvalue weighted by Crippen LogP contribution is -2.27. The molecule has 2 aromatic rings. The van der Waals surface area contributed by atoms with Crippen LogP contribution < -0.4 is 5.32 Å². The molecule has 2 rings (SSSR count). The second-order valence-electron chi connectivity index (χ2n) is 4.30. The largest absolute Gasteiger partial charge is 0.355 e. The summed E-state index contributed by atoms with van der Waals surface area (Å²) < 4.78 is 5.05. The van der Waals surface area contributed by atoms with Crippen molar-refractivity contribution in [2.24, 2.45) is 0 Å². The van der Waals surface area contributed by atoms with Gasteiger partial charge in [-0.1, -0.05) is 23.7 Å². The van der Waals surface area contributed by atoms with Gasteiger partial charge >= 0.3 is 0 Å². The van der Waals surface area contributed by atoms with Crippen LogP contribution in [0.1, 0.15) is 18.6 Å². The van der Waals surface area contributed by atoms with Crippen LogP contribution in [-0.2, 0) is 17.6 Å². The van der Waals surface area contributed by atoms with Gasteiger partial charge in [0.25, 0.3) is 0 Å². The van der Waals surface area contributed by atoms with E-state index in [1.165, 1.54) is 11.8 Å². The smallest absolute Gasteiger partial charge is 0.230 e. The van der Waals surface area contributed by atoms with Crippen LogP contribution in [0.15, 0.2) is 33.7 Å². The number of benzene rings is 1. The first-order chi connectivity index (χ1) is 10.2. The Morgan fingerprint density at radius 2 is 2.14 bits per heavy atom. The first-order valence-corrected chi connectivity index (χ1v) is 8.00. The number of aryl methyl sites for hydroxylation is 1. The molecule has 1 aromatic carbocycles. The number of nitrogens with one attached hydrogen (secondary N) is 1. The first-order valence-electron chi connectivity index (χ1n) is 6.64. The summed E-state index contributed by atoms with van der Waals surface area (Å²) in [6, 6.07) is 7.40.